The van der Waals surface area contributed by atoms with Crippen LogP contribution < -0.4 is 10.6 Å². The minimum Gasteiger partial charge on any atom is -0.382 e. The van der Waals surface area contributed by atoms with Crippen molar-refractivity contribution >= 4 is 23.0 Å². The van der Waals surface area contributed by atoms with Crippen molar-refractivity contribution in [1.82, 2.24) is 5.32 Å². The Hall–Kier alpha value is -1.33. The number of hydrogen-bond donors (Lipinski definition) is 2. The van der Waals surface area contributed by atoms with Gasteiger partial charge in [-0.3, -0.25) is 10.1 Å². The Bertz CT molecular complexity index is 419. The van der Waals surface area contributed by atoms with Crippen LogP contribution in [-0.4, -0.2) is 24.1 Å². The van der Waals surface area contributed by atoms with Crippen LogP contribution in [0.5, 0.6) is 0 Å². The lowest BCUT2D eigenvalue weighted by Crippen LogP contribution is -2.35. The highest BCUT2D eigenvalue weighted by molar-refractivity contribution is 6.32. The molecule has 0 unspecified atom stereocenters. The molecule has 1 aliphatic rings. The van der Waals surface area contributed by atoms with E-state index in [0.717, 1.165) is 31.6 Å². The molecule has 0 bridgehead atoms. The van der Waals surface area contributed by atoms with Crippen LogP contribution in [0.25, 0.3) is 0 Å². The molecule has 2 N–H and O–H groups in total. The largest absolute Gasteiger partial charge is 0.382 e. The standard InChI is InChI=1S/C11H14ClN3O2/c12-10-2-1-9(7-11(10)15(16)17)14-8-3-5-13-6-4-8/h1-2,7-8,13-14H,3-6H2. The third kappa shape index (κ3) is 3.08. The van der Waals surface area contributed by atoms with Crippen LogP contribution in [0.4, 0.5) is 11.4 Å². The molecule has 1 aromatic rings. The van der Waals surface area contributed by atoms with E-state index in [0.29, 0.717) is 6.04 Å². The van der Waals surface area contributed by atoms with E-state index in [2.05, 4.69) is 10.6 Å². The summed E-state index contributed by atoms with van der Waals surface area (Å²) in [4.78, 5) is 10.3. The fourth-order valence-electron chi connectivity index (χ4n) is 1.94. The molecule has 0 aromatic heterocycles. The number of benzene rings is 1. The first-order valence-corrected chi connectivity index (χ1v) is 5.96. The van der Waals surface area contributed by atoms with Gasteiger partial charge in [-0.05, 0) is 38.1 Å². The number of nitrogens with one attached hydrogen (secondary N) is 2. The molecule has 5 nitrogen and oxygen atoms in total. The number of nitro benzene ring substituents is 1. The van der Waals surface area contributed by atoms with E-state index in [-0.39, 0.29) is 10.7 Å². The van der Waals surface area contributed by atoms with Crippen LogP contribution >= 0.6 is 11.6 Å². The zero-order valence-electron chi connectivity index (χ0n) is 9.28. The monoisotopic (exact) mass is 255 g/mol. The number of nitro groups is 1. The maximum absolute atomic E-state index is 10.7. The minimum atomic E-state index is -0.462. The van der Waals surface area contributed by atoms with E-state index in [1.807, 2.05) is 0 Å². The van der Waals surface area contributed by atoms with Gasteiger partial charge in [0.05, 0.1) is 4.92 Å². The number of hydrogen-bond acceptors (Lipinski definition) is 4. The van der Waals surface area contributed by atoms with Gasteiger partial charge in [0.2, 0.25) is 0 Å². The van der Waals surface area contributed by atoms with Gasteiger partial charge in [0, 0.05) is 17.8 Å². The molecule has 1 aromatic carbocycles. The van der Waals surface area contributed by atoms with Crippen molar-refractivity contribution in [3.63, 3.8) is 0 Å². The first-order chi connectivity index (χ1) is 8.16. The summed E-state index contributed by atoms with van der Waals surface area (Å²) in [5, 5.41) is 17.5. The second-order valence-electron chi connectivity index (χ2n) is 4.09. The van der Waals surface area contributed by atoms with Gasteiger partial charge in [0.25, 0.3) is 5.69 Å². The van der Waals surface area contributed by atoms with E-state index < -0.39 is 4.92 Å². The predicted octanol–water partition coefficient (Wildman–Crippen LogP) is 2.41. The second kappa shape index (κ2) is 5.33. The van der Waals surface area contributed by atoms with Crippen LogP contribution in [0.15, 0.2) is 18.2 Å². The first kappa shape index (κ1) is 12.1. The van der Waals surface area contributed by atoms with Crippen molar-refractivity contribution in [2.24, 2.45) is 0 Å². The molecular weight excluding hydrogens is 242 g/mol. The van der Waals surface area contributed by atoms with Crippen LogP contribution in [0.1, 0.15) is 12.8 Å². The number of anilines is 1. The van der Waals surface area contributed by atoms with Gasteiger partial charge in [0.15, 0.2) is 0 Å². The van der Waals surface area contributed by atoms with E-state index in [4.69, 9.17) is 11.6 Å². The van der Waals surface area contributed by atoms with Crippen LogP contribution in [0.2, 0.25) is 5.02 Å². The van der Waals surface area contributed by atoms with Crippen molar-refractivity contribution in [2.45, 2.75) is 18.9 Å². The topological polar surface area (TPSA) is 67.2 Å². The number of halogens is 1. The summed E-state index contributed by atoms with van der Waals surface area (Å²) in [5.74, 6) is 0. The van der Waals surface area contributed by atoms with E-state index >= 15 is 0 Å². The Labute approximate surface area is 104 Å². The lowest BCUT2D eigenvalue weighted by molar-refractivity contribution is -0.384. The molecule has 0 radical (unpaired) electrons. The molecular formula is C11H14ClN3O2. The zero-order chi connectivity index (χ0) is 12.3. The van der Waals surface area contributed by atoms with Gasteiger partial charge in [-0.15, -0.1) is 0 Å². The molecule has 2 rings (SSSR count). The SMILES string of the molecule is O=[N+]([O-])c1cc(NC2CCNCC2)ccc1Cl. The third-order valence-electron chi connectivity index (χ3n) is 2.85. The number of rotatable bonds is 3. The summed E-state index contributed by atoms with van der Waals surface area (Å²) in [5.41, 5.74) is 0.707. The molecule has 92 valence electrons. The summed E-state index contributed by atoms with van der Waals surface area (Å²) < 4.78 is 0. The minimum absolute atomic E-state index is 0.0504. The smallest absolute Gasteiger partial charge is 0.289 e. The highest BCUT2D eigenvalue weighted by Gasteiger charge is 2.16. The molecule has 17 heavy (non-hydrogen) atoms. The number of nitrogens with zero attached hydrogens (tertiary/aromatic N) is 1. The van der Waals surface area contributed by atoms with Gasteiger partial charge in [-0.1, -0.05) is 11.6 Å². The van der Waals surface area contributed by atoms with E-state index in [1.165, 1.54) is 6.07 Å². The van der Waals surface area contributed by atoms with E-state index in [9.17, 15) is 10.1 Å². The third-order valence-corrected chi connectivity index (χ3v) is 3.17. The molecule has 6 heteroatoms. The summed E-state index contributed by atoms with van der Waals surface area (Å²) in [6.45, 7) is 1.96. The number of piperidine rings is 1. The molecule has 1 heterocycles. The molecule has 1 saturated heterocycles. The molecule has 1 aliphatic heterocycles. The molecule has 0 saturated carbocycles. The van der Waals surface area contributed by atoms with Gasteiger partial charge in [-0.25, -0.2) is 0 Å². The van der Waals surface area contributed by atoms with Crippen molar-refractivity contribution in [3.05, 3.63) is 33.3 Å². The van der Waals surface area contributed by atoms with Crippen LogP contribution in [0, 0.1) is 10.1 Å². The average molecular weight is 256 g/mol. The Kier molecular flexibility index (Phi) is 3.81. The Balaban J connectivity index is 2.10. The van der Waals surface area contributed by atoms with Gasteiger partial charge < -0.3 is 10.6 Å². The Morgan fingerprint density at radius 3 is 2.76 bits per heavy atom. The molecule has 1 fully saturated rings. The highest BCUT2D eigenvalue weighted by atomic mass is 35.5. The van der Waals surface area contributed by atoms with Gasteiger partial charge in [-0.2, -0.15) is 0 Å². The van der Waals surface area contributed by atoms with Crippen molar-refractivity contribution < 1.29 is 4.92 Å². The summed E-state index contributed by atoms with van der Waals surface area (Å²) in [6, 6.07) is 5.20. The van der Waals surface area contributed by atoms with Crippen LogP contribution in [-0.2, 0) is 0 Å². The van der Waals surface area contributed by atoms with Gasteiger partial charge in [0.1, 0.15) is 5.02 Å². The summed E-state index contributed by atoms with van der Waals surface area (Å²) >= 11 is 5.75. The predicted molar refractivity (Wildman–Crippen MR) is 67.6 cm³/mol. The van der Waals surface area contributed by atoms with Crippen LogP contribution in [0.3, 0.4) is 0 Å². The molecule has 0 spiro atoms. The first-order valence-electron chi connectivity index (χ1n) is 5.58. The highest BCUT2D eigenvalue weighted by Crippen LogP contribution is 2.28. The molecule has 0 aliphatic carbocycles. The average Bonchev–Trinajstić information content (AvgIpc) is 2.32. The van der Waals surface area contributed by atoms with Crippen molar-refractivity contribution in [2.75, 3.05) is 18.4 Å². The second-order valence-corrected chi connectivity index (χ2v) is 4.50. The summed E-state index contributed by atoms with van der Waals surface area (Å²) in [7, 11) is 0. The van der Waals surface area contributed by atoms with Gasteiger partial charge >= 0.3 is 0 Å². The van der Waals surface area contributed by atoms with Crippen molar-refractivity contribution in [1.29, 1.82) is 0 Å². The molecule has 0 amide bonds. The lowest BCUT2D eigenvalue weighted by Gasteiger charge is -2.24. The van der Waals surface area contributed by atoms with E-state index in [1.54, 1.807) is 12.1 Å². The molecule has 0 atom stereocenters. The van der Waals surface area contributed by atoms with Crippen molar-refractivity contribution in [3.8, 4) is 0 Å². The zero-order valence-corrected chi connectivity index (χ0v) is 10.0. The Morgan fingerprint density at radius 1 is 1.41 bits per heavy atom. The lowest BCUT2D eigenvalue weighted by atomic mass is 10.1. The maximum atomic E-state index is 10.7. The fourth-order valence-corrected chi connectivity index (χ4v) is 2.13. The normalized spacial score (nSPS) is 16.8. The quantitative estimate of drug-likeness (QED) is 0.643. The maximum Gasteiger partial charge on any atom is 0.289 e. The summed E-state index contributed by atoms with van der Waals surface area (Å²) in [6.07, 6.45) is 2.05. The Morgan fingerprint density at radius 2 is 2.12 bits per heavy atom. The fraction of sp³-hybridized carbons (Fsp3) is 0.455.